The molecule has 4 nitrogen and oxygen atoms in total. The smallest absolute Gasteiger partial charge is 0.250 e. The second-order valence-corrected chi connectivity index (χ2v) is 7.68. The van der Waals surface area contributed by atoms with Gasteiger partial charge in [-0.2, -0.15) is 16.9 Å². The fourth-order valence-corrected chi connectivity index (χ4v) is 3.53. The van der Waals surface area contributed by atoms with Crippen molar-refractivity contribution in [3.63, 3.8) is 0 Å². The minimum Gasteiger partial charge on any atom is -0.489 e. The van der Waals surface area contributed by atoms with Gasteiger partial charge in [-0.3, -0.25) is 4.79 Å². The first kappa shape index (κ1) is 17.9. The van der Waals surface area contributed by atoms with E-state index in [4.69, 9.17) is 4.74 Å². The van der Waals surface area contributed by atoms with Crippen LogP contribution >= 0.6 is 23.5 Å². The van der Waals surface area contributed by atoms with Crippen LogP contribution < -0.4 is 10.2 Å². The Labute approximate surface area is 156 Å². The Morgan fingerprint density at radius 1 is 1.24 bits per heavy atom. The van der Waals surface area contributed by atoms with Crippen LogP contribution in [-0.2, 0) is 10.5 Å². The summed E-state index contributed by atoms with van der Waals surface area (Å²) >= 11 is 3.46. The van der Waals surface area contributed by atoms with Crippen LogP contribution in [0.5, 0.6) is 5.75 Å². The minimum absolute atomic E-state index is 0.101. The summed E-state index contributed by atoms with van der Waals surface area (Å²) in [5, 5.41) is 4.02. The number of carbonyl (C=O) groups is 1. The molecule has 1 heterocycles. The molecular weight excluding hydrogens is 352 g/mol. The largest absolute Gasteiger partial charge is 0.489 e. The van der Waals surface area contributed by atoms with E-state index in [2.05, 4.69) is 22.7 Å². The second-order valence-electron chi connectivity index (χ2n) is 5.62. The average Bonchev–Trinajstić information content (AvgIpc) is 2.60. The summed E-state index contributed by atoms with van der Waals surface area (Å²) in [5.74, 6) is 4.05. The highest BCUT2D eigenvalue weighted by Crippen LogP contribution is 2.24. The van der Waals surface area contributed by atoms with Crippen LogP contribution in [0.4, 0.5) is 0 Å². The lowest BCUT2D eigenvalue weighted by Crippen LogP contribution is -2.31. The van der Waals surface area contributed by atoms with Crippen molar-refractivity contribution < 1.29 is 9.53 Å². The molecule has 6 heteroatoms. The first-order chi connectivity index (χ1) is 12.3. The summed E-state index contributed by atoms with van der Waals surface area (Å²) in [6, 6.07) is 17.8. The number of ether oxygens (including phenoxy) is 1. The van der Waals surface area contributed by atoms with E-state index in [0.717, 1.165) is 28.6 Å². The van der Waals surface area contributed by atoms with Crippen LogP contribution in [0.15, 0.2) is 59.7 Å². The Morgan fingerprint density at radius 2 is 2.08 bits per heavy atom. The number of benzene rings is 2. The topological polar surface area (TPSA) is 50.7 Å². The molecule has 0 spiro atoms. The van der Waals surface area contributed by atoms with Gasteiger partial charge in [0, 0.05) is 17.3 Å². The maximum absolute atomic E-state index is 11.8. The molecule has 1 saturated heterocycles. The van der Waals surface area contributed by atoms with Gasteiger partial charge < -0.3 is 4.74 Å². The van der Waals surface area contributed by atoms with Crippen LogP contribution in [0.2, 0.25) is 0 Å². The molecule has 25 heavy (non-hydrogen) atoms. The van der Waals surface area contributed by atoms with Crippen LogP contribution in [0, 0.1) is 0 Å². The van der Waals surface area contributed by atoms with Gasteiger partial charge in [0.25, 0.3) is 0 Å². The standard InChI is InChI=1S/C19H20N2O2S2/c22-19(14-24-11-15-5-2-1-3-6-15)21-20-10-16-7-4-8-17(9-16)23-18-12-25-13-18/h1-10,18H,11-14H2,(H,21,22)/b20-10+. The van der Waals surface area contributed by atoms with Gasteiger partial charge in [-0.05, 0) is 23.3 Å². The Morgan fingerprint density at radius 3 is 2.84 bits per heavy atom. The van der Waals surface area contributed by atoms with Crippen molar-refractivity contribution in [3.8, 4) is 5.75 Å². The monoisotopic (exact) mass is 372 g/mol. The molecule has 2 aromatic carbocycles. The normalized spacial score (nSPS) is 14.2. The van der Waals surface area contributed by atoms with E-state index < -0.39 is 0 Å². The molecule has 1 fully saturated rings. The molecule has 3 rings (SSSR count). The number of nitrogens with zero attached hydrogens (tertiary/aromatic N) is 1. The highest BCUT2D eigenvalue weighted by atomic mass is 32.2. The number of nitrogens with one attached hydrogen (secondary N) is 1. The van der Waals surface area contributed by atoms with Crippen LogP contribution in [0.25, 0.3) is 0 Å². The van der Waals surface area contributed by atoms with Gasteiger partial charge in [0.2, 0.25) is 5.91 Å². The maximum Gasteiger partial charge on any atom is 0.250 e. The highest BCUT2D eigenvalue weighted by Gasteiger charge is 2.19. The average molecular weight is 373 g/mol. The van der Waals surface area contributed by atoms with E-state index in [9.17, 15) is 4.79 Å². The highest BCUT2D eigenvalue weighted by molar-refractivity contribution is 8.00. The van der Waals surface area contributed by atoms with Gasteiger partial charge in [-0.25, -0.2) is 5.43 Å². The van der Waals surface area contributed by atoms with Gasteiger partial charge in [0.15, 0.2) is 0 Å². The third-order valence-corrected chi connectivity index (χ3v) is 5.73. The van der Waals surface area contributed by atoms with Crippen LogP contribution in [-0.4, -0.2) is 35.5 Å². The van der Waals surface area contributed by atoms with Crippen LogP contribution in [0.3, 0.4) is 0 Å². The number of amides is 1. The van der Waals surface area contributed by atoms with Gasteiger partial charge >= 0.3 is 0 Å². The first-order valence-corrected chi connectivity index (χ1v) is 10.4. The molecule has 0 atom stereocenters. The Hall–Kier alpha value is -1.92. The summed E-state index contributed by atoms with van der Waals surface area (Å²) in [4.78, 5) is 11.8. The molecule has 1 aliphatic heterocycles. The van der Waals surface area contributed by atoms with Gasteiger partial charge in [-0.1, -0.05) is 42.5 Å². The van der Waals surface area contributed by atoms with E-state index in [0.29, 0.717) is 11.9 Å². The molecule has 1 amide bonds. The number of carbonyl (C=O) groups excluding carboxylic acids is 1. The zero-order valence-corrected chi connectivity index (χ0v) is 15.4. The molecule has 0 bridgehead atoms. The molecule has 0 unspecified atom stereocenters. The van der Waals surface area contributed by atoms with Gasteiger partial charge in [0.05, 0.1) is 12.0 Å². The second kappa shape index (κ2) is 9.53. The predicted octanol–water partition coefficient (Wildman–Crippen LogP) is 3.56. The number of thioether (sulfide) groups is 2. The van der Waals surface area contributed by atoms with E-state index in [-0.39, 0.29) is 5.91 Å². The maximum atomic E-state index is 11.8. The summed E-state index contributed by atoms with van der Waals surface area (Å²) in [5.41, 5.74) is 4.68. The summed E-state index contributed by atoms with van der Waals surface area (Å²) in [6.07, 6.45) is 1.96. The lowest BCUT2D eigenvalue weighted by Gasteiger charge is -2.25. The number of rotatable bonds is 8. The number of hydrazone groups is 1. The summed E-state index contributed by atoms with van der Waals surface area (Å²) < 4.78 is 5.84. The molecular formula is C19H20N2O2S2. The first-order valence-electron chi connectivity index (χ1n) is 8.07. The molecule has 1 N–H and O–H groups in total. The van der Waals surface area contributed by atoms with Crippen LogP contribution in [0.1, 0.15) is 11.1 Å². The SMILES string of the molecule is O=C(CSCc1ccccc1)N/N=C/c1cccc(OC2CSC2)c1. The molecule has 0 aliphatic carbocycles. The van der Waals surface area contributed by atoms with E-state index in [1.54, 1.807) is 18.0 Å². The van der Waals surface area contributed by atoms with Crippen molar-refractivity contribution in [2.75, 3.05) is 17.3 Å². The number of hydrogen-bond acceptors (Lipinski definition) is 5. The minimum atomic E-state index is -0.101. The Kier molecular flexibility index (Phi) is 6.82. The summed E-state index contributed by atoms with van der Waals surface area (Å²) in [7, 11) is 0. The molecule has 0 saturated carbocycles. The van der Waals surface area contributed by atoms with Crippen molar-refractivity contribution >= 4 is 35.6 Å². The van der Waals surface area contributed by atoms with Gasteiger partial charge in [-0.15, -0.1) is 11.8 Å². The third kappa shape index (κ3) is 6.14. The number of hydrogen-bond donors (Lipinski definition) is 1. The van der Waals surface area contributed by atoms with E-state index in [1.807, 2.05) is 54.2 Å². The van der Waals surface area contributed by atoms with Gasteiger partial charge in [0.1, 0.15) is 11.9 Å². The van der Waals surface area contributed by atoms with Crippen molar-refractivity contribution in [2.45, 2.75) is 11.9 Å². The zero-order valence-electron chi connectivity index (χ0n) is 13.8. The zero-order chi connectivity index (χ0) is 17.3. The molecule has 2 aromatic rings. The lowest BCUT2D eigenvalue weighted by molar-refractivity contribution is -0.118. The molecule has 0 aromatic heterocycles. The fourth-order valence-electron chi connectivity index (χ4n) is 2.19. The predicted molar refractivity (Wildman–Crippen MR) is 107 cm³/mol. The van der Waals surface area contributed by atoms with Crippen molar-refractivity contribution in [1.82, 2.24) is 5.43 Å². The Balaban J connectivity index is 1.39. The lowest BCUT2D eigenvalue weighted by atomic mass is 10.2. The van der Waals surface area contributed by atoms with E-state index in [1.165, 1.54) is 5.56 Å². The quantitative estimate of drug-likeness (QED) is 0.569. The van der Waals surface area contributed by atoms with Crippen molar-refractivity contribution in [1.29, 1.82) is 0 Å². The van der Waals surface area contributed by atoms with Crippen molar-refractivity contribution in [3.05, 3.63) is 65.7 Å². The van der Waals surface area contributed by atoms with E-state index >= 15 is 0 Å². The molecule has 0 radical (unpaired) electrons. The fraction of sp³-hybridized carbons (Fsp3) is 0.263. The third-order valence-electron chi connectivity index (χ3n) is 3.52. The summed E-state index contributed by atoms with van der Waals surface area (Å²) in [6.45, 7) is 0. The Bertz CT molecular complexity index is 718. The molecule has 1 aliphatic rings. The molecule has 130 valence electrons. The van der Waals surface area contributed by atoms with Crippen molar-refractivity contribution in [2.24, 2.45) is 5.10 Å².